The van der Waals surface area contributed by atoms with Gasteiger partial charge in [0.25, 0.3) is 15.9 Å². The second-order valence-corrected chi connectivity index (χ2v) is 7.84. The summed E-state index contributed by atoms with van der Waals surface area (Å²) >= 11 is 0. The lowest BCUT2D eigenvalue weighted by Crippen LogP contribution is -2.50. The van der Waals surface area contributed by atoms with Gasteiger partial charge in [-0.25, -0.2) is 8.42 Å². The van der Waals surface area contributed by atoms with Gasteiger partial charge in [-0.2, -0.15) is 5.26 Å². The van der Waals surface area contributed by atoms with E-state index in [0.717, 1.165) is 10.7 Å². The molecule has 0 aliphatic carbocycles. The summed E-state index contributed by atoms with van der Waals surface area (Å²) < 4.78 is 33.5. The van der Waals surface area contributed by atoms with E-state index in [4.69, 9.17) is 4.74 Å². The van der Waals surface area contributed by atoms with Crippen molar-refractivity contribution in [3.8, 4) is 11.8 Å². The molecule has 0 spiro atoms. The lowest BCUT2D eigenvalue weighted by molar-refractivity contribution is -0.127. The molecule has 0 radical (unpaired) electrons. The normalized spacial score (nSPS) is 16.0. The molecule has 1 N–H and O–H groups in total. The fourth-order valence-electron chi connectivity index (χ4n) is 2.83. The zero-order chi connectivity index (χ0) is 19.4. The molecule has 0 unspecified atom stereocenters. The number of amides is 1. The van der Waals surface area contributed by atoms with Crippen molar-refractivity contribution in [1.82, 2.24) is 5.32 Å². The molecular formula is C19H19N3O4S. The molecule has 1 atom stereocenters. The van der Waals surface area contributed by atoms with E-state index in [-0.39, 0.29) is 22.9 Å². The van der Waals surface area contributed by atoms with Crippen molar-refractivity contribution in [2.75, 3.05) is 17.4 Å². The second kappa shape index (κ2) is 7.68. The third kappa shape index (κ3) is 3.59. The quantitative estimate of drug-likeness (QED) is 0.849. The molecule has 0 aromatic heterocycles. The molecule has 2 aromatic carbocycles. The van der Waals surface area contributed by atoms with Crippen molar-refractivity contribution in [3.63, 3.8) is 0 Å². The minimum atomic E-state index is -4.05. The van der Waals surface area contributed by atoms with Crippen LogP contribution >= 0.6 is 0 Å². The molecular weight excluding hydrogens is 366 g/mol. The van der Waals surface area contributed by atoms with Crippen molar-refractivity contribution in [2.45, 2.75) is 24.3 Å². The summed E-state index contributed by atoms with van der Waals surface area (Å²) in [7, 11) is -4.05. The van der Waals surface area contributed by atoms with Crippen molar-refractivity contribution in [1.29, 1.82) is 5.26 Å². The Morgan fingerprint density at radius 2 is 1.96 bits per heavy atom. The fourth-order valence-corrected chi connectivity index (χ4v) is 4.45. The van der Waals surface area contributed by atoms with E-state index < -0.39 is 16.1 Å². The number of para-hydroxylation sites is 2. The molecule has 7 nitrogen and oxygen atoms in total. The van der Waals surface area contributed by atoms with Gasteiger partial charge >= 0.3 is 0 Å². The largest absolute Gasteiger partial charge is 0.476 e. The van der Waals surface area contributed by atoms with Crippen molar-refractivity contribution >= 4 is 21.6 Å². The van der Waals surface area contributed by atoms with Crippen LogP contribution in [-0.4, -0.2) is 33.5 Å². The van der Waals surface area contributed by atoms with Crippen LogP contribution < -0.4 is 14.4 Å². The Bertz CT molecular complexity index is 998. The van der Waals surface area contributed by atoms with Gasteiger partial charge in [0.2, 0.25) is 0 Å². The Hall–Kier alpha value is -3.05. The molecule has 0 fully saturated rings. The van der Waals surface area contributed by atoms with Gasteiger partial charge in [-0.1, -0.05) is 31.2 Å². The molecule has 8 heteroatoms. The van der Waals surface area contributed by atoms with Crippen LogP contribution in [0.25, 0.3) is 0 Å². The number of sulfonamides is 1. The van der Waals surface area contributed by atoms with Gasteiger partial charge in [-0.15, -0.1) is 0 Å². The zero-order valence-corrected chi connectivity index (χ0v) is 15.6. The van der Waals surface area contributed by atoms with Crippen LogP contribution in [0.3, 0.4) is 0 Å². The van der Waals surface area contributed by atoms with E-state index in [1.807, 2.05) is 13.0 Å². The molecule has 0 saturated heterocycles. The Balaban J connectivity index is 2.05. The maximum atomic E-state index is 13.3. The highest BCUT2D eigenvalue weighted by molar-refractivity contribution is 7.93. The molecule has 3 rings (SSSR count). The molecule has 27 heavy (non-hydrogen) atoms. The highest BCUT2D eigenvalue weighted by Crippen LogP contribution is 2.37. The first-order valence-electron chi connectivity index (χ1n) is 8.54. The number of carbonyl (C=O) groups is 1. The topological polar surface area (TPSA) is 99.5 Å². The first-order valence-corrected chi connectivity index (χ1v) is 9.98. The Labute approximate surface area is 158 Å². The summed E-state index contributed by atoms with van der Waals surface area (Å²) in [5, 5.41) is 12.0. The van der Waals surface area contributed by atoms with Crippen LogP contribution in [0.1, 0.15) is 18.9 Å². The molecule has 2 aromatic rings. The fraction of sp³-hybridized carbons (Fsp3) is 0.263. The predicted molar refractivity (Wildman–Crippen MR) is 99.8 cm³/mol. The van der Waals surface area contributed by atoms with Crippen LogP contribution in [0.4, 0.5) is 5.69 Å². The van der Waals surface area contributed by atoms with E-state index in [1.54, 1.807) is 36.4 Å². The van der Waals surface area contributed by atoms with E-state index >= 15 is 0 Å². The number of ether oxygens (including phenoxy) is 1. The number of nitrogens with one attached hydrogen (secondary N) is 1. The van der Waals surface area contributed by atoms with Crippen LogP contribution in [0.2, 0.25) is 0 Å². The van der Waals surface area contributed by atoms with E-state index in [0.29, 0.717) is 18.0 Å². The van der Waals surface area contributed by atoms with Gasteiger partial charge in [0.15, 0.2) is 6.10 Å². The number of rotatable bonds is 5. The van der Waals surface area contributed by atoms with Crippen LogP contribution in [0.5, 0.6) is 5.75 Å². The number of nitrogens with zero attached hydrogens (tertiary/aromatic N) is 2. The van der Waals surface area contributed by atoms with Crippen molar-refractivity contribution < 1.29 is 17.9 Å². The standard InChI is InChI=1S/C19H19N3O4S/c1-2-11-21-19(23)17-13-22(15-8-4-5-9-16(15)26-17)27(24,25)18-10-6-3-7-14(18)12-20/h3-10,17H,2,11,13H2,1H3,(H,21,23)/t17-/m1/s1. The summed E-state index contributed by atoms with van der Waals surface area (Å²) in [5.41, 5.74) is 0.387. The molecule has 0 saturated carbocycles. The predicted octanol–water partition coefficient (Wildman–Crippen LogP) is 2.04. The Morgan fingerprint density at radius 1 is 1.26 bits per heavy atom. The minimum absolute atomic E-state index is 0.0495. The lowest BCUT2D eigenvalue weighted by Gasteiger charge is -2.34. The highest BCUT2D eigenvalue weighted by atomic mass is 32.2. The number of hydrogen-bond acceptors (Lipinski definition) is 5. The molecule has 1 amide bonds. The average Bonchev–Trinajstić information content (AvgIpc) is 2.70. The number of nitriles is 1. The number of hydrogen-bond donors (Lipinski definition) is 1. The monoisotopic (exact) mass is 385 g/mol. The third-order valence-electron chi connectivity index (χ3n) is 4.15. The van der Waals surface area contributed by atoms with Gasteiger partial charge in [0.1, 0.15) is 16.7 Å². The summed E-state index contributed by atoms with van der Waals surface area (Å²) in [5.74, 6) is -0.0708. The van der Waals surface area contributed by atoms with Gasteiger partial charge in [-0.05, 0) is 30.7 Å². The van der Waals surface area contributed by atoms with E-state index in [9.17, 15) is 18.5 Å². The van der Waals surface area contributed by atoms with E-state index in [2.05, 4.69) is 5.32 Å². The number of fused-ring (bicyclic) bond motifs is 1. The smallest absolute Gasteiger partial charge is 0.265 e. The second-order valence-electron chi connectivity index (χ2n) is 6.01. The lowest BCUT2D eigenvalue weighted by atomic mass is 10.2. The summed E-state index contributed by atoms with van der Waals surface area (Å²) in [6.45, 7) is 2.23. The SMILES string of the molecule is CCCNC(=O)[C@H]1CN(S(=O)(=O)c2ccccc2C#N)c2ccccc2O1. The summed E-state index contributed by atoms with van der Waals surface area (Å²) in [6.07, 6.45) is -0.220. The molecule has 1 heterocycles. The Kier molecular flexibility index (Phi) is 5.33. The summed E-state index contributed by atoms with van der Waals surface area (Å²) in [4.78, 5) is 12.3. The van der Waals surface area contributed by atoms with Gasteiger partial charge in [0, 0.05) is 6.54 Å². The molecule has 1 aliphatic heterocycles. The first kappa shape index (κ1) is 18.7. The van der Waals surface area contributed by atoms with Gasteiger partial charge < -0.3 is 10.1 Å². The maximum Gasteiger partial charge on any atom is 0.265 e. The van der Waals surface area contributed by atoms with Crippen LogP contribution in [0, 0.1) is 11.3 Å². The number of anilines is 1. The average molecular weight is 385 g/mol. The van der Waals surface area contributed by atoms with Crippen LogP contribution in [-0.2, 0) is 14.8 Å². The zero-order valence-electron chi connectivity index (χ0n) is 14.8. The van der Waals surface area contributed by atoms with Crippen LogP contribution in [0.15, 0.2) is 53.4 Å². The molecule has 140 valence electrons. The van der Waals surface area contributed by atoms with Crippen molar-refractivity contribution in [3.05, 3.63) is 54.1 Å². The third-order valence-corrected chi connectivity index (χ3v) is 5.99. The minimum Gasteiger partial charge on any atom is -0.476 e. The number of benzene rings is 2. The maximum absolute atomic E-state index is 13.3. The first-order chi connectivity index (χ1) is 13.0. The van der Waals surface area contributed by atoms with E-state index in [1.165, 1.54) is 12.1 Å². The molecule has 0 bridgehead atoms. The van der Waals surface area contributed by atoms with Crippen molar-refractivity contribution in [2.24, 2.45) is 0 Å². The number of carbonyl (C=O) groups excluding carboxylic acids is 1. The highest BCUT2D eigenvalue weighted by Gasteiger charge is 2.38. The summed E-state index contributed by atoms with van der Waals surface area (Å²) in [6, 6.07) is 14.5. The van der Waals surface area contributed by atoms with Gasteiger partial charge in [0.05, 0.1) is 17.8 Å². The molecule has 1 aliphatic rings. The Morgan fingerprint density at radius 3 is 2.70 bits per heavy atom. The van der Waals surface area contributed by atoms with Gasteiger partial charge in [-0.3, -0.25) is 9.10 Å².